The van der Waals surface area contributed by atoms with E-state index >= 15 is 0 Å². The van der Waals surface area contributed by atoms with Gasteiger partial charge < -0.3 is 10.2 Å². The van der Waals surface area contributed by atoms with Crippen LogP contribution in [0.1, 0.15) is 32.4 Å². The first-order valence-corrected chi connectivity index (χ1v) is 6.50. The van der Waals surface area contributed by atoms with Gasteiger partial charge in [0.25, 0.3) is 0 Å². The maximum Gasteiger partial charge on any atom is 0.247 e. The molecule has 1 heterocycles. The quantitative estimate of drug-likeness (QED) is 0.880. The standard InChI is InChI=1S/C15H20N2O2/c1-15(2,3)10-17-12(18)9-16-14(19)13(17)11-7-5-4-6-8-11/h4-8,13H,9-10H2,1-3H3,(H,16,19). The minimum atomic E-state index is -0.512. The highest BCUT2D eigenvalue weighted by atomic mass is 16.2. The average molecular weight is 260 g/mol. The van der Waals surface area contributed by atoms with Gasteiger partial charge >= 0.3 is 0 Å². The van der Waals surface area contributed by atoms with Gasteiger partial charge in [0.1, 0.15) is 6.04 Å². The summed E-state index contributed by atoms with van der Waals surface area (Å²) < 4.78 is 0. The molecule has 0 radical (unpaired) electrons. The number of hydrogen-bond acceptors (Lipinski definition) is 2. The van der Waals surface area contributed by atoms with E-state index in [4.69, 9.17) is 0 Å². The van der Waals surface area contributed by atoms with Crippen LogP contribution in [-0.2, 0) is 9.59 Å². The van der Waals surface area contributed by atoms with Crippen LogP contribution < -0.4 is 5.32 Å². The van der Waals surface area contributed by atoms with E-state index in [0.717, 1.165) is 5.56 Å². The molecule has 1 fully saturated rings. The minimum absolute atomic E-state index is 0.0246. The molecule has 0 spiro atoms. The van der Waals surface area contributed by atoms with Gasteiger partial charge in [0.2, 0.25) is 11.8 Å². The summed E-state index contributed by atoms with van der Waals surface area (Å²) in [5.74, 6) is -0.126. The van der Waals surface area contributed by atoms with Crippen LogP contribution in [0.15, 0.2) is 30.3 Å². The fraction of sp³-hybridized carbons (Fsp3) is 0.467. The number of benzene rings is 1. The lowest BCUT2D eigenvalue weighted by Crippen LogP contribution is -2.55. The number of hydrogen-bond donors (Lipinski definition) is 1. The van der Waals surface area contributed by atoms with Gasteiger partial charge in [-0.3, -0.25) is 9.59 Å². The van der Waals surface area contributed by atoms with Crippen molar-refractivity contribution in [2.75, 3.05) is 13.1 Å². The Hall–Kier alpha value is -1.84. The van der Waals surface area contributed by atoms with E-state index in [-0.39, 0.29) is 23.8 Å². The van der Waals surface area contributed by atoms with E-state index in [0.29, 0.717) is 6.54 Å². The molecule has 1 unspecified atom stereocenters. The fourth-order valence-corrected chi connectivity index (χ4v) is 2.30. The highest BCUT2D eigenvalue weighted by Gasteiger charge is 2.37. The Kier molecular flexibility index (Phi) is 3.60. The predicted octanol–water partition coefficient (Wildman–Crippen LogP) is 1.73. The van der Waals surface area contributed by atoms with Gasteiger partial charge in [-0.15, -0.1) is 0 Å². The summed E-state index contributed by atoms with van der Waals surface area (Å²) in [6.07, 6.45) is 0. The second-order valence-corrected chi connectivity index (χ2v) is 6.11. The van der Waals surface area contributed by atoms with Crippen LogP contribution in [0.5, 0.6) is 0 Å². The molecular formula is C15H20N2O2. The Bertz CT molecular complexity index is 477. The van der Waals surface area contributed by atoms with Crippen molar-refractivity contribution in [2.24, 2.45) is 5.41 Å². The molecule has 0 bridgehead atoms. The lowest BCUT2D eigenvalue weighted by molar-refractivity contribution is -0.147. The number of rotatable bonds is 2. The first-order chi connectivity index (χ1) is 8.88. The highest BCUT2D eigenvalue weighted by molar-refractivity contribution is 5.95. The van der Waals surface area contributed by atoms with E-state index in [2.05, 4.69) is 26.1 Å². The summed E-state index contributed by atoms with van der Waals surface area (Å²) in [4.78, 5) is 25.9. The molecule has 1 aliphatic rings. The first-order valence-electron chi connectivity index (χ1n) is 6.50. The van der Waals surface area contributed by atoms with E-state index in [1.807, 2.05) is 30.3 Å². The van der Waals surface area contributed by atoms with Crippen LogP contribution in [0.25, 0.3) is 0 Å². The molecular weight excluding hydrogens is 240 g/mol. The largest absolute Gasteiger partial charge is 0.345 e. The van der Waals surface area contributed by atoms with Crippen molar-refractivity contribution in [3.8, 4) is 0 Å². The van der Waals surface area contributed by atoms with Gasteiger partial charge in [-0.05, 0) is 11.0 Å². The highest BCUT2D eigenvalue weighted by Crippen LogP contribution is 2.27. The van der Waals surface area contributed by atoms with Gasteiger partial charge in [-0.2, -0.15) is 0 Å². The van der Waals surface area contributed by atoms with Crippen molar-refractivity contribution in [3.63, 3.8) is 0 Å². The van der Waals surface area contributed by atoms with Crippen molar-refractivity contribution in [1.29, 1.82) is 0 Å². The average Bonchev–Trinajstić information content (AvgIpc) is 2.33. The molecule has 1 aromatic rings. The molecule has 4 heteroatoms. The van der Waals surface area contributed by atoms with Gasteiger partial charge in [0, 0.05) is 6.54 Å². The van der Waals surface area contributed by atoms with Crippen LogP contribution in [0, 0.1) is 5.41 Å². The third-order valence-electron chi connectivity index (χ3n) is 3.05. The summed E-state index contributed by atoms with van der Waals surface area (Å²) in [6, 6.07) is 8.94. The third-order valence-corrected chi connectivity index (χ3v) is 3.05. The molecule has 1 atom stereocenters. The Labute approximate surface area is 113 Å². The molecule has 4 nitrogen and oxygen atoms in total. The van der Waals surface area contributed by atoms with E-state index in [1.165, 1.54) is 0 Å². The van der Waals surface area contributed by atoms with Crippen LogP contribution in [0.3, 0.4) is 0 Å². The van der Waals surface area contributed by atoms with Crippen molar-refractivity contribution in [2.45, 2.75) is 26.8 Å². The zero-order valence-electron chi connectivity index (χ0n) is 11.6. The molecule has 2 rings (SSSR count). The smallest absolute Gasteiger partial charge is 0.247 e. The number of carbonyl (C=O) groups excluding carboxylic acids is 2. The van der Waals surface area contributed by atoms with E-state index in [1.54, 1.807) is 4.90 Å². The van der Waals surface area contributed by atoms with Crippen molar-refractivity contribution in [3.05, 3.63) is 35.9 Å². The number of amides is 2. The van der Waals surface area contributed by atoms with Crippen LogP contribution >= 0.6 is 0 Å². The van der Waals surface area contributed by atoms with Gasteiger partial charge in [-0.25, -0.2) is 0 Å². The molecule has 0 aromatic heterocycles. The van der Waals surface area contributed by atoms with Crippen molar-refractivity contribution >= 4 is 11.8 Å². The maximum absolute atomic E-state index is 12.1. The van der Waals surface area contributed by atoms with E-state index < -0.39 is 6.04 Å². The minimum Gasteiger partial charge on any atom is -0.345 e. The molecule has 0 saturated carbocycles. The lowest BCUT2D eigenvalue weighted by atomic mass is 9.93. The fourth-order valence-electron chi connectivity index (χ4n) is 2.30. The van der Waals surface area contributed by atoms with Gasteiger partial charge in [0.15, 0.2) is 0 Å². The van der Waals surface area contributed by atoms with Crippen LogP contribution in [0.2, 0.25) is 0 Å². The Morgan fingerprint density at radius 3 is 2.42 bits per heavy atom. The summed E-state index contributed by atoms with van der Waals surface area (Å²) in [5.41, 5.74) is 0.817. The molecule has 0 aliphatic carbocycles. The zero-order chi connectivity index (χ0) is 14.0. The lowest BCUT2D eigenvalue weighted by Gasteiger charge is -2.38. The van der Waals surface area contributed by atoms with Crippen molar-refractivity contribution in [1.82, 2.24) is 10.2 Å². The molecule has 2 amide bonds. The number of nitrogens with one attached hydrogen (secondary N) is 1. The van der Waals surface area contributed by atoms with Crippen LogP contribution in [-0.4, -0.2) is 29.8 Å². The number of nitrogens with zero attached hydrogens (tertiary/aromatic N) is 1. The maximum atomic E-state index is 12.1. The Morgan fingerprint density at radius 1 is 1.21 bits per heavy atom. The Morgan fingerprint density at radius 2 is 1.84 bits per heavy atom. The second-order valence-electron chi connectivity index (χ2n) is 6.11. The van der Waals surface area contributed by atoms with Gasteiger partial charge in [-0.1, -0.05) is 51.1 Å². The number of piperazine rings is 1. The molecule has 1 N–H and O–H groups in total. The topological polar surface area (TPSA) is 49.4 Å². The summed E-state index contributed by atoms with van der Waals surface area (Å²) >= 11 is 0. The number of carbonyl (C=O) groups is 2. The molecule has 1 saturated heterocycles. The summed E-state index contributed by atoms with van der Waals surface area (Å²) in [7, 11) is 0. The SMILES string of the molecule is CC(C)(C)CN1C(=O)CNC(=O)C1c1ccccc1. The first kappa shape index (κ1) is 13.6. The van der Waals surface area contributed by atoms with Gasteiger partial charge in [0.05, 0.1) is 6.54 Å². The predicted molar refractivity (Wildman–Crippen MR) is 73.4 cm³/mol. The summed E-state index contributed by atoms with van der Waals surface area (Å²) in [6.45, 7) is 6.86. The second kappa shape index (κ2) is 5.03. The molecule has 1 aromatic carbocycles. The van der Waals surface area contributed by atoms with Crippen LogP contribution in [0.4, 0.5) is 0 Å². The third kappa shape index (κ3) is 3.13. The molecule has 19 heavy (non-hydrogen) atoms. The van der Waals surface area contributed by atoms with E-state index in [9.17, 15) is 9.59 Å². The zero-order valence-corrected chi connectivity index (χ0v) is 11.6. The normalized spacial score (nSPS) is 20.4. The molecule has 1 aliphatic heterocycles. The Balaban J connectivity index is 2.34. The molecule has 102 valence electrons. The summed E-state index contributed by atoms with van der Waals surface area (Å²) in [5, 5.41) is 2.67. The monoisotopic (exact) mass is 260 g/mol. The van der Waals surface area contributed by atoms with Crippen molar-refractivity contribution < 1.29 is 9.59 Å².